The highest BCUT2D eigenvalue weighted by molar-refractivity contribution is 6.28. The first-order valence-corrected chi connectivity index (χ1v) is 6.34. The first kappa shape index (κ1) is 12.6. The molecule has 0 atom stereocenters. The second kappa shape index (κ2) is 4.94. The SMILES string of the molecule is C=CCN1COc2ccc(N3C(=O)C=CC3=O)cc2C1. The molecule has 3 rings (SSSR count). The molecule has 20 heavy (non-hydrogen) atoms. The molecular weight excluding hydrogens is 256 g/mol. The maximum atomic E-state index is 11.7. The number of amides is 2. The normalized spacial score (nSPS) is 18.1. The molecule has 0 spiro atoms. The van der Waals surface area contributed by atoms with Gasteiger partial charge in [0, 0.05) is 30.8 Å². The highest BCUT2D eigenvalue weighted by atomic mass is 16.5. The van der Waals surface area contributed by atoms with Gasteiger partial charge in [-0.15, -0.1) is 6.58 Å². The Balaban J connectivity index is 1.89. The van der Waals surface area contributed by atoms with Gasteiger partial charge in [-0.2, -0.15) is 0 Å². The van der Waals surface area contributed by atoms with Gasteiger partial charge in [-0.1, -0.05) is 6.08 Å². The monoisotopic (exact) mass is 270 g/mol. The van der Waals surface area contributed by atoms with Gasteiger partial charge >= 0.3 is 0 Å². The van der Waals surface area contributed by atoms with Crippen molar-refractivity contribution in [3.05, 3.63) is 48.6 Å². The standard InChI is InChI=1S/C15H14N2O3/c1-2-7-16-9-11-8-12(3-4-13(11)20-10-16)17-14(18)5-6-15(17)19/h2-6,8H,1,7,9-10H2. The smallest absolute Gasteiger partial charge is 0.258 e. The first-order chi connectivity index (χ1) is 9.69. The highest BCUT2D eigenvalue weighted by Crippen LogP contribution is 2.30. The van der Waals surface area contributed by atoms with Gasteiger partial charge in [0.1, 0.15) is 12.5 Å². The van der Waals surface area contributed by atoms with Gasteiger partial charge in [0.25, 0.3) is 11.8 Å². The molecule has 0 saturated heterocycles. The Bertz CT molecular complexity index is 604. The Morgan fingerprint density at radius 3 is 2.70 bits per heavy atom. The minimum Gasteiger partial charge on any atom is -0.478 e. The second-order valence-electron chi connectivity index (χ2n) is 4.71. The van der Waals surface area contributed by atoms with Crippen LogP contribution in [0.3, 0.4) is 0 Å². The summed E-state index contributed by atoms with van der Waals surface area (Å²) in [5.74, 6) is 0.172. The van der Waals surface area contributed by atoms with Crippen LogP contribution >= 0.6 is 0 Å². The van der Waals surface area contributed by atoms with Gasteiger partial charge in [-0.3, -0.25) is 14.5 Å². The molecule has 0 aliphatic carbocycles. The van der Waals surface area contributed by atoms with Crippen LogP contribution < -0.4 is 9.64 Å². The Kier molecular flexibility index (Phi) is 3.12. The topological polar surface area (TPSA) is 49.9 Å². The number of rotatable bonds is 3. The lowest BCUT2D eigenvalue weighted by atomic mass is 10.1. The Morgan fingerprint density at radius 2 is 2.00 bits per heavy atom. The Hall–Kier alpha value is -2.40. The maximum absolute atomic E-state index is 11.7. The van der Waals surface area contributed by atoms with Crippen LogP contribution in [0, 0.1) is 0 Å². The molecule has 0 aromatic heterocycles. The summed E-state index contributed by atoms with van der Waals surface area (Å²) in [7, 11) is 0. The third kappa shape index (κ3) is 2.12. The zero-order valence-corrected chi connectivity index (χ0v) is 10.9. The summed E-state index contributed by atoms with van der Waals surface area (Å²) >= 11 is 0. The zero-order valence-electron chi connectivity index (χ0n) is 10.9. The molecule has 0 N–H and O–H groups in total. The third-order valence-corrected chi connectivity index (χ3v) is 3.30. The number of carbonyl (C=O) groups is 2. The van der Waals surface area contributed by atoms with Crippen molar-refractivity contribution in [3.63, 3.8) is 0 Å². The number of ether oxygens (including phenoxy) is 1. The van der Waals surface area contributed by atoms with Gasteiger partial charge in [0.2, 0.25) is 0 Å². The fraction of sp³-hybridized carbons (Fsp3) is 0.200. The van der Waals surface area contributed by atoms with Gasteiger partial charge in [0.05, 0.1) is 5.69 Å². The van der Waals surface area contributed by atoms with Crippen LogP contribution in [0.15, 0.2) is 43.0 Å². The van der Waals surface area contributed by atoms with Crippen LogP contribution in [0.25, 0.3) is 0 Å². The van der Waals surface area contributed by atoms with E-state index in [2.05, 4.69) is 11.5 Å². The molecule has 2 amide bonds. The molecular formula is C15H14N2O3. The van der Waals surface area contributed by atoms with Crippen LogP contribution in [-0.2, 0) is 16.1 Å². The lowest BCUT2D eigenvalue weighted by molar-refractivity contribution is -0.119. The predicted octanol–water partition coefficient (Wildman–Crippen LogP) is 1.45. The predicted molar refractivity (Wildman–Crippen MR) is 74.2 cm³/mol. The van der Waals surface area contributed by atoms with Crippen molar-refractivity contribution in [1.82, 2.24) is 4.90 Å². The van der Waals surface area contributed by atoms with E-state index in [1.54, 1.807) is 12.1 Å². The van der Waals surface area contributed by atoms with Gasteiger partial charge in [0.15, 0.2) is 0 Å². The fourth-order valence-electron chi connectivity index (χ4n) is 2.37. The molecule has 1 aromatic carbocycles. The van der Waals surface area contributed by atoms with Crippen LogP contribution in [0.2, 0.25) is 0 Å². The van der Waals surface area contributed by atoms with E-state index in [0.29, 0.717) is 19.0 Å². The van der Waals surface area contributed by atoms with Crippen molar-refractivity contribution >= 4 is 17.5 Å². The fourth-order valence-corrected chi connectivity index (χ4v) is 2.37. The molecule has 0 fully saturated rings. The summed E-state index contributed by atoms with van der Waals surface area (Å²) in [6.07, 6.45) is 4.38. The van der Waals surface area contributed by atoms with E-state index in [1.165, 1.54) is 12.2 Å². The first-order valence-electron chi connectivity index (χ1n) is 6.34. The van der Waals surface area contributed by atoms with E-state index in [0.717, 1.165) is 22.8 Å². The summed E-state index contributed by atoms with van der Waals surface area (Å²) in [5, 5.41) is 0. The third-order valence-electron chi connectivity index (χ3n) is 3.30. The number of carbonyl (C=O) groups excluding carboxylic acids is 2. The largest absolute Gasteiger partial charge is 0.478 e. The van der Waals surface area contributed by atoms with Gasteiger partial charge in [-0.05, 0) is 18.2 Å². The highest BCUT2D eigenvalue weighted by Gasteiger charge is 2.26. The molecule has 1 aromatic rings. The van der Waals surface area contributed by atoms with E-state index < -0.39 is 0 Å². The zero-order chi connectivity index (χ0) is 14.1. The molecule has 2 aliphatic rings. The van der Waals surface area contributed by atoms with Crippen molar-refractivity contribution in [1.29, 1.82) is 0 Å². The number of hydrogen-bond donors (Lipinski definition) is 0. The molecule has 2 aliphatic heterocycles. The number of hydrogen-bond acceptors (Lipinski definition) is 4. The van der Waals surface area contributed by atoms with Crippen LogP contribution in [0.5, 0.6) is 5.75 Å². The molecule has 0 saturated carbocycles. The van der Waals surface area contributed by atoms with Crippen LogP contribution in [-0.4, -0.2) is 30.0 Å². The average Bonchev–Trinajstić information content (AvgIpc) is 2.78. The van der Waals surface area contributed by atoms with Crippen molar-refractivity contribution < 1.29 is 14.3 Å². The molecule has 5 heteroatoms. The van der Waals surface area contributed by atoms with Crippen LogP contribution in [0.1, 0.15) is 5.56 Å². The van der Waals surface area contributed by atoms with E-state index >= 15 is 0 Å². The van der Waals surface area contributed by atoms with Crippen LogP contribution in [0.4, 0.5) is 5.69 Å². The minimum absolute atomic E-state index is 0.311. The number of imide groups is 1. The summed E-state index contributed by atoms with van der Waals surface area (Å²) in [6, 6.07) is 5.35. The number of nitrogens with zero attached hydrogens (tertiary/aromatic N) is 2. The molecule has 0 bridgehead atoms. The lowest BCUT2D eigenvalue weighted by Crippen LogP contribution is -2.33. The Morgan fingerprint density at radius 1 is 1.25 bits per heavy atom. The van der Waals surface area contributed by atoms with E-state index in [-0.39, 0.29) is 11.8 Å². The van der Waals surface area contributed by atoms with Crippen molar-refractivity contribution in [2.24, 2.45) is 0 Å². The summed E-state index contributed by atoms with van der Waals surface area (Å²) in [5.41, 5.74) is 1.54. The van der Waals surface area contributed by atoms with Gasteiger partial charge in [-0.25, -0.2) is 4.90 Å². The molecule has 2 heterocycles. The summed E-state index contributed by atoms with van der Waals surface area (Å²) < 4.78 is 5.63. The molecule has 102 valence electrons. The van der Waals surface area contributed by atoms with E-state index in [4.69, 9.17) is 4.74 Å². The Labute approximate surface area is 116 Å². The summed E-state index contributed by atoms with van der Waals surface area (Å²) in [6.45, 7) is 5.66. The van der Waals surface area contributed by atoms with E-state index in [1.807, 2.05) is 12.1 Å². The molecule has 0 radical (unpaired) electrons. The van der Waals surface area contributed by atoms with Crippen molar-refractivity contribution in [3.8, 4) is 5.75 Å². The minimum atomic E-state index is -0.311. The molecule has 0 unspecified atom stereocenters. The lowest BCUT2D eigenvalue weighted by Gasteiger charge is -2.28. The van der Waals surface area contributed by atoms with Crippen molar-refractivity contribution in [2.45, 2.75) is 6.54 Å². The van der Waals surface area contributed by atoms with Crippen molar-refractivity contribution in [2.75, 3.05) is 18.2 Å². The summed E-state index contributed by atoms with van der Waals surface area (Å²) in [4.78, 5) is 26.6. The second-order valence-corrected chi connectivity index (χ2v) is 4.71. The number of fused-ring (bicyclic) bond motifs is 1. The number of benzene rings is 1. The quantitative estimate of drug-likeness (QED) is 0.616. The number of anilines is 1. The maximum Gasteiger partial charge on any atom is 0.258 e. The van der Waals surface area contributed by atoms with Gasteiger partial charge < -0.3 is 4.74 Å². The molecule has 5 nitrogen and oxygen atoms in total. The van der Waals surface area contributed by atoms with E-state index in [9.17, 15) is 9.59 Å². The average molecular weight is 270 g/mol.